The third-order valence-electron chi connectivity index (χ3n) is 3.28. The molecule has 0 unspecified atom stereocenters. The van der Waals surface area contributed by atoms with E-state index in [4.69, 9.17) is 4.74 Å². The van der Waals surface area contributed by atoms with Gasteiger partial charge in [-0.05, 0) is 38.7 Å². The van der Waals surface area contributed by atoms with Crippen molar-refractivity contribution in [1.82, 2.24) is 5.32 Å². The molecule has 0 aliphatic heterocycles. The van der Waals surface area contributed by atoms with Gasteiger partial charge in [-0.2, -0.15) is 0 Å². The zero-order chi connectivity index (χ0) is 13.0. The van der Waals surface area contributed by atoms with Gasteiger partial charge in [-0.3, -0.25) is 0 Å². The van der Waals surface area contributed by atoms with Gasteiger partial charge in [0.2, 0.25) is 0 Å². The maximum absolute atomic E-state index is 9.63. The summed E-state index contributed by atoms with van der Waals surface area (Å²) < 4.78 is 5.60. The molecule has 2 atom stereocenters. The molecule has 0 heterocycles. The van der Waals surface area contributed by atoms with Crippen LogP contribution in [0, 0.1) is 0 Å². The monoisotopic (exact) mass is 249 g/mol. The molecule has 3 nitrogen and oxygen atoms in total. The molecule has 1 aliphatic rings. The first-order valence-electron chi connectivity index (χ1n) is 6.70. The first kappa shape index (κ1) is 13.5. The minimum atomic E-state index is -1.01. The molecular formula is C15H23NO2. The van der Waals surface area contributed by atoms with Crippen LogP contribution in [0.25, 0.3) is 0 Å². The molecular weight excluding hydrogens is 226 g/mol. The van der Waals surface area contributed by atoms with Gasteiger partial charge < -0.3 is 15.2 Å². The van der Waals surface area contributed by atoms with E-state index in [9.17, 15) is 5.11 Å². The van der Waals surface area contributed by atoms with Crippen LogP contribution < -0.4 is 5.32 Å². The van der Waals surface area contributed by atoms with Gasteiger partial charge in [-0.1, -0.05) is 30.3 Å². The number of benzene rings is 1. The molecule has 1 aromatic rings. The summed E-state index contributed by atoms with van der Waals surface area (Å²) >= 11 is 0. The van der Waals surface area contributed by atoms with Crippen LogP contribution in [0.15, 0.2) is 30.3 Å². The topological polar surface area (TPSA) is 41.5 Å². The van der Waals surface area contributed by atoms with E-state index in [1.165, 1.54) is 5.56 Å². The van der Waals surface area contributed by atoms with Gasteiger partial charge in [-0.15, -0.1) is 0 Å². The Morgan fingerprint density at radius 2 is 2.00 bits per heavy atom. The lowest BCUT2D eigenvalue weighted by molar-refractivity contribution is -0.203. The Balaban J connectivity index is 1.73. The van der Waals surface area contributed by atoms with Crippen molar-refractivity contribution in [2.24, 2.45) is 0 Å². The number of nitrogens with one attached hydrogen (secondary N) is 1. The van der Waals surface area contributed by atoms with E-state index in [-0.39, 0.29) is 6.10 Å². The molecule has 1 saturated carbocycles. The Morgan fingerprint density at radius 3 is 2.67 bits per heavy atom. The second-order valence-electron chi connectivity index (χ2n) is 5.56. The molecule has 0 amide bonds. The summed E-state index contributed by atoms with van der Waals surface area (Å²) in [6, 6.07) is 10.9. The van der Waals surface area contributed by atoms with Gasteiger partial charge in [0.15, 0.2) is 5.79 Å². The third kappa shape index (κ3) is 4.41. The average Bonchev–Trinajstić information content (AvgIpc) is 2.73. The molecule has 0 aromatic heterocycles. The smallest absolute Gasteiger partial charge is 0.160 e. The highest BCUT2D eigenvalue weighted by Crippen LogP contribution is 2.25. The highest BCUT2D eigenvalue weighted by atomic mass is 16.6. The van der Waals surface area contributed by atoms with Gasteiger partial charge in [0.25, 0.3) is 0 Å². The molecule has 2 rings (SSSR count). The van der Waals surface area contributed by atoms with E-state index in [1.54, 1.807) is 13.8 Å². The van der Waals surface area contributed by atoms with E-state index in [1.807, 2.05) is 6.07 Å². The van der Waals surface area contributed by atoms with Gasteiger partial charge >= 0.3 is 0 Å². The molecule has 0 radical (unpaired) electrons. The number of rotatable bonds is 5. The summed E-state index contributed by atoms with van der Waals surface area (Å²) in [5.41, 5.74) is 1.31. The van der Waals surface area contributed by atoms with Crippen molar-refractivity contribution in [1.29, 1.82) is 0 Å². The SMILES string of the molecule is CC(C)(O)O[C@@H]1CC[C@@H](NCc2ccccc2)C1. The molecule has 1 aliphatic carbocycles. The van der Waals surface area contributed by atoms with Crippen LogP contribution in [0.3, 0.4) is 0 Å². The van der Waals surface area contributed by atoms with E-state index in [2.05, 4.69) is 29.6 Å². The lowest BCUT2D eigenvalue weighted by atomic mass is 10.2. The summed E-state index contributed by atoms with van der Waals surface area (Å²) in [6.07, 6.45) is 3.30. The van der Waals surface area contributed by atoms with Crippen molar-refractivity contribution < 1.29 is 9.84 Å². The lowest BCUT2D eigenvalue weighted by Crippen LogP contribution is -2.31. The zero-order valence-corrected chi connectivity index (χ0v) is 11.2. The quantitative estimate of drug-likeness (QED) is 0.788. The normalized spacial score (nSPS) is 24.4. The number of aliphatic hydroxyl groups is 1. The number of ether oxygens (including phenoxy) is 1. The van der Waals surface area contributed by atoms with Crippen LogP contribution in [-0.4, -0.2) is 23.0 Å². The van der Waals surface area contributed by atoms with Crippen molar-refractivity contribution >= 4 is 0 Å². The second-order valence-corrected chi connectivity index (χ2v) is 5.56. The van der Waals surface area contributed by atoms with Crippen molar-refractivity contribution in [2.75, 3.05) is 0 Å². The van der Waals surface area contributed by atoms with E-state index >= 15 is 0 Å². The standard InChI is InChI=1S/C15H23NO2/c1-15(2,17)18-14-9-8-13(10-14)16-11-12-6-4-3-5-7-12/h3-7,13-14,16-17H,8-11H2,1-2H3/t13-,14-/m1/s1. The predicted octanol–water partition coefficient (Wildman–Crippen LogP) is 2.44. The van der Waals surface area contributed by atoms with E-state index in [0.29, 0.717) is 6.04 Å². The van der Waals surface area contributed by atoms with Crippen molar-refractivity contribution in [3.8, 4) is 0 Å². The van der Waals surface area contributed by atoms with Crippen molar-refractivity contribution in [2.45, 2.75) is 57.6 Å². The van der Waals surface area contributed by atoms with Crippen molar-refractivity contribution in [3.05, 3.63) is 35.9 Å². The minimum Gasteiger partial charge on any atom is -0.366 e. The van der Waals surface area contributed by atoms with E-state index < -0.39 is 5.79 Å². The Bertz CT molecular complexity index is 359. The van der Waals surface area contributed by atoms with E-state index in [0.717, 1.165) is 25.8 Å². The molecule has 0 saturated heterocycles. The predicted molar refractivity (Wildman–Crippen MR) is 72.1 cm³/mol. The highest BCUT2D eigenvalue weighted by Gasteiger charge is 2.29. The molecule has 18 heavy (non-hydrogen) atoms. The van der Waals surface area contributed by atoms with Crippen molar-refractivity contribution in [3.63, 3.8) is 0 Å². The van der Waals surface area contributed by atoms with Crippen LogP contribution in [0.5, 0.6) is 0 Å². The van der Waals surface area contributed by atoms with Crippen LogP contribution in [-0.2, 0) is 11.3 Å². The summed E-state index contributed by atoms with van der Waals surface area (Å²) in [6.45, 7) is 4.29. The van der Waals surface area contributed by atoms with Crippen LogP contribution >= 0.6 is 0 Å². The van der Waals surface area contributed by atoms with Crippen LogP contribution in [0.2, 0.25) is 0 Å². The molecule has 2 N–H and O–H groups in total. The highest BCUT2D eigenvalue weighted by molar-refractivity contribution is 5.14. The Morgan fingerprint density at radius 1 is 1.28 bits per heavy atom. The lowest BCUT2D eigenvalue weighted by Gasteiger charge is -2.23. The fourth-order valence-corrected chi connectivity index (χ4v) is 2.50. The Hall–Kier alpha value is -0.900. The summed E-state index contributed by atoms with van der Waals surface area (Å²) in [5.74, 6) is -1.01. The summed E-state index contributed by atoms with van der Waals surface area (Å²) in [7, 11) is 0. The summed E-state index contributed by atoms with van der Waals surface area (Å²) in [5, 5.41) is 13.2. The Kier molecular flexibility index (Phi) is 4.38. The fourth-order valence-electron chi connectivity index (χ4n) is 2.50. The first-order chi connectivity index (χ1) is 8.53. The van der Waals surface area contributed by atoms with Gasteiger partial charge in [-0.25, -0.2) is 0 Å². The van der Waals surface area contributed by atoms with Gasteiger partial charge in [0, 0.05) is 12.6 Å². The van der Waals surface area contributed by atoms with Crippen LogP contribution in [0.4, 0.5) is 0 Å². The maximum Gasteiger partial charge on any atom is 0.160 e. The minimum absolute atomic E-state index is 0.179. The summed E-state index contributed by atoms with van der Waals surface area (Å²) in [4.78, 5) is 0. The number of hydrogen-bond acceptors (Lipinski definition) is 3. The first-order valence-corrected chi connectivity index (χ1v) is 6.70. The average molecular weight is 249 g/mol. The molecule has 3 heteroatoms. The maximum atomic E-state index is 9.63. The van der Waals surface area contributed by atoms with Gasteiger partial charge in [0.05, 0.1) is 6.10 Å². The molecule has 1 aromatic carbocycles. The second kappa shape index (κ2) is 5.83. The molecule has 0 bridgehead atoms. The molecule has 1 fully saturated rings. The zero-order valence-electron chi connectivity index (χ0n) is 11.2. The number of hydrogen-bond donors (Lipinski definition) is 2. The fraction of sp³-hybridized carbons (Fsp3) is 0.600. The third-order valence-corrected chi connectivity index (χ3v) is 3.28. The Labute approximate surface area is 109 Å². The largest absolute Gasteiger partial charge is 0.366 e. The molecule has 0 spiro atoms. The van der Waals surface area contributed by atoms with Crippen LogP contribution in [0.1, 0.15) is 38.7 Å². The molecule has 100 valence electrons. The van der Waals surface area contributed by atoms with Gasteiger partial charge in [0.1, 0.15) is 0 Å².